The maximum Gasteiger partial charge on any atom is 0.168 e. The minimum Gasteiger partial charge on any atom is -0.454 e. The van der Waals surface area contributed by atoms with Gasteiger partial charge in [-0.15, -0.1) is 0 Å². The summed E-state index contributed by atoms with van der Waals surface area (Å²) in [7, 11) is 0. The second-order valence-corrected chi connectivity index (χ2v) is 4.28. The predicted molar refractivity (Wildman–Crippen MR) is 65.3 cm³/mol. The minimum absolute atomic E-state index is 0.0759. The van der Waals surface area contributed by atoms with E-state index in [1.54, 1.807) is 12.1 Å². The normalized spacial score (nSPS) is 9.89. The van der Waals surface area contributed by atoms with Gasteiger partial charge in [-0.1, -0.05) is 0 Å². The highest BCUT2D eigenvalue weighted by molar-refractivity contribution is 9.10. The SMILES string of the molecule is N#Cc1ccc(Oc2ccc(F)cc2F)cc1Br. The molecule has 0 heterocycles. The van der Waals surface area contributed by atoms with E-state index in [1.165, 1.54) is 12.1 Å². The molecule has 0 aliphatic rings. The molecule has 0 unspecified atom stereocenters. The second-order valence-electron chi connectivity index (χ2n) is 3.43. The molecule has 2 rings (SSSR count). The molecule has 0 fully saturated rings. The third-order valence-corrected chi connectivity index (χ3v) is 2.84. The Kier molecular flexibility index (Phi) is 3.58. The predicted octanol–water partition coefficient (Wildman–Crippen LogP) is 4.39. The van der Waals surface area contributed by atoms with Crippen LogP contribution in [-0.4, -0.2) is 0 Å². The summed E-state index contributed by atoms with van der Waals surface area (Å²) in [5, 5.41) is 8.75. The van der Waals surface area contributed by atoms with Gasteiger partial charge in [-0.3, -0.25) is 0 Å². The molecule has 0 N–H and O–H groups in total. The first-order valence-corrected chi connectivity index (χ1v) is 5.72. The molecular formula is C13H6BrF2NO. The molecule has 0 bridgehead atoms. The number of benzene rings is 2. The van der Waals surface area contributed by atoms with Crippen molar-refractivity contribution in [2.45, 2.75) is 0 Å². The van der Waals surface area contributed by atoms with E-state index < -0.39 is 11.6 Å². The molecule has 5 heteroatoms. The maximum atomic E-state index is 13.4. The first kappa shape index (κ1) is 12.5. The molecular weight excluding hydrogens is 304 g/mol. The van der Waals surface area contributed by atoms with Gasteiger partial charge < -0.3 is 4.74 Å². The van der Waals surface area contributed by atoms with Crippen molar-refractivity contribution >= 4 is 15.9 Å². The van der Waals surface area contributed by atoms with Gasteiger partial charge >= 0.3 is 0 Å². The largest absolute Gasteiger partial charge is 0.454 e. The van der Waals surface area contributed by atoms with Crippen molar-refractivity contribution in [1.29, 1.82) is 5.26 Å². The third kappa shape index (κ3) is 2.66. The van der Waals surface area contributed by atoms with Crippen molar-refractivity contribution in [1.82, 2.24) is 0 Å². The van der Waals surface area contributed by atoms with E-state index in [9.17, 15) is 8.78 Å². The number of rotatable bonds is 2. The van der Waals surface area contributed by atoms with E-state index in [1.807, 2.05) is 6.07 Å². The number of halogens is 3. The molecule has 2 nitrogen and oxygen atoms in total. The summed E-state index contributed by atoms with van der Waals surface area (Å²) >= 11 is 3.19. The highest BCUT2D eigenvalue weighted by Gasteiger charge is 2.07. The topological polar surface area (TPSA) is 33.0 Å². The lowest BCUT2D eigenvalue weighted by Crippen LogP contribution is -1.90. The number of hydrogen-bond acceptors (Lipinski definition) is 2. The van der Waals surface area contributed by atoms with Crippen LogP contribution in [0.2, 0.25) is 0 Å². The van der Waals surface area contributed by atoms with Crippen molar-refractivity contribution in [3.63, 3.8) is 0 Å². The molecule has 0 saturated carbocycles. The van der Waals surface area contributed by atoms with E-state index in [2.05, 4.69) is 15.9 Å². The van der Waals surface area contributed by atoms with E-state index in [4.69, 9.17) is 10.00 Å². The van der Waals surface area contributed by atoms with Gasteiger partial charge in [0.1, 0.15) is 17.6 Å². The Bertz CT molecular complexity index is 637. The second kappa shape index (κ2) is 5.15. The molecule has 0 aromatic heterocycles. The van der Waals surface area contributed by atoms with Crippen LogP contribution in [0.4, 0.5) is 8.78 Å². The Morgan fingerprint density at radius 1 is 1.11 bits per heavy atom. The molecule has 0 amide bonds. The quantitative estimate of drug-likeness (QED) is 0.824. The molecule has 0 spiro atoms. The van der Waals surface area contributed by atoms with Gasteiger partial charge in [0.05, 0.1) is 5.56 Å². The highest BCUT2D eigenvalue weighted by atomic mass is 79.9. The Morgan fingerprint density at radius 2 is 1.89 bits per heavy atom. The fourth-order valence-electron chi connectivity index (χ4n) is 1.33. The molecule has 90 valence electrons. The van der Waals surface area contributed by atoms with Gasteiger partial charge in [-0.05, 0) is 46.3 Å². The molecule has 2 aromatic rings. The van der Waals surface area contributed by atoms with E-state index >= 15 is 0 Å². The van der Waals surface area contributed by atoms with Gasteiger partial charge in [0.15, 0.2) is 11.6 Å². The monoisotopic (exact) mass is 309 g/mol. The summed E-state index contributed by atoms with van der Waals surface area (Å²) in [5.74, 6) is -1.17. The van der Waals surface area contributed by atoms with Crippen LogP contribution in [0, 0.1) is 23.0 Å². The van der Waals surface area contributed by atoms with Gasteiger partial charge in [0.2, 0.25) is 0 Å². The molecule has 2 aromatic carbocycles. The van der Waals surface area contributed by atoms with E-state index in [-0.39, 0.29) is 5.75 Å². The fourth-order valence-corrected chi connectivity index (χ4v) is 1.78. The van der Waals surface area contributed by atoms with Crippen molar-refractivity contribution in [2.75, 3.05) is 0 Å². The molecule has 0 aliphatic heterocycles. The van der Waals surface area contributed by atoms with Crippen LogP contribution in [0.5, 0.6) is 11.5 Å². The van der Waals surface area contributed by atoms with Gasteiger partial charge in [0, 0.05) is 10.5 Å². The summed E-state index contributed by atoms with van der Waals surface area (Å²) in [4.78, 5) is 0. The zero-order valence-electron chi connectivity index (χ0n) is 8.95. The van der Waals surface area contributed by atoms with Crippen molar-refractivity contribution in [3.8, 4) is 17.6 Å². The van der Waals surface area contributed by atoms with Gasteiger partial charge in [0.25, 0.3) is 0 Å². The summed E-state index contributed by atoms with van der Waals surface area (Å²) in [6.07, 6.45) is 0. The summed E-state index contributed by atoms with van der Waals surface area (Å²) < 4.78 is 31.9. The molecule has 0 atom stereocenters. The van der Waals surface area contributed by atoms with Crippen molar-refractivity contribution in [2.24, 2.45) is 0 Å². The van der Waals surface area contributed by atoms with Crippen LogP contribution in [0.1, 0.15) is 5.56 Å². The summed E-state index contributed by atoms with van der Waals surface area (Å²) in [5.41, 5.74) is 0.446. The first-order valence-electron chi connectivity index (χ1n) is 4.92. The lowest BCUT2D eigenvalue weighted by atomic mass is 10.2. The average molecular weight is 310 g/mol. The number of ether oxygens (including phenoxy) is 1. The lowest BCUT2D eigenvalue weighted by molar-refractivity contribution is 0.437. The van der Waals surface area contributed by atoms with Crippen LogP contribution >= 0.6 is 15.9 Å². The molecule has 0 radical (unpaired) electrons. The zero-order chi connectivity index (χ0) is 13.1. The number of hydrogen-bond donors (Lipinski definition) is 0. The highest BCUT2D eigenvalue weighted by Crippen LogP contribution is 2.28. The van der Waals surface area contributed by atoms with E-state index in [0.717, 1.165) is 12.1 Å². The van der Waals surface area contributed by atoms with Crippen LogP contribution in [-0.2, 0) is 0 Å². The van der Waals surface area contributed by atoms with Gasteiger partial charge in [-0.25, -0.2) is 8.78 Å². The van der Waals surface area contributed by atoms with Crippen LogP contribution < -0.4 is 4.74 Å². The Balaban J connectivity index is 2.29. The fraction of sp³-hybridized carbons (Fsp3) is 0. The molecule has 0 aliphatic carbocycles. The summed E-state index contributed by atoms with van der Waals surface area (Å²) in [6.45, 7) is 0. The van der Waals surface area contributed by atoms with Gasteiger partial charge in [-0.2, -0.15) is 5.26 Å². The van der Waals surface area contributed by atoms with Crippen molar-refractivity contribution in [3.05, 3.63) is 58.1 Å². The smallest absolute Gasteiger partial charge is 0.168 e. The third-order valence-electron chi connectivity index (χ3n) is 2.18. The van der Waals surface area contributed by atoms with Crippen molar-refractivity contribution < 1.29 is 13.5 Å². The first-order chi connectivity index (χ1) is 8.60. The molecule has 18 heavy (non-hydrogen) atoms. The average Bonchev–Trinajstić information content (AvgIpc) is 2.33. The maximum absolute atomic E-state index is 13.4. The zero-order valence-corrected chi connectivity index (χ0v) is 10.5. The Morgan fingerprint density at radius 3 is 2.50 bits per heavy atom. The summed E-state index contributed by atoms with van der Waals surface area (Å²) in [6, 6.07) is 9.66. The Hall–Kier alpha value is -1.93. The van der Waals surface area contributed by atoms with Crippen LogP contribution in [0.15, 0.2) is 40.9 Å². The van der Waals surface area contributed by atoms with Crippen LogP contribution in [0.3, 0.4) is 0 Å². The standard InChI is InChI=1S/C13H6BrF2NO/c14-11-6-10(3-1-8(11)7-17)18-13-4-2-9(15)5-12(13)16/h1-6H. The minimum atomic E-state index is -0.782. The van der Waals surface area contributed by atoms with E-state index in [0.29, 0.717) is 15.8 Å². The van der Waals surface area contributed by atoms with Crippen LogP contribution in [0.25, 0.3) is 0 Å². The number of nitrogens with zero attached hydrogens (tertiary/aromatic N) is 1. The number of nitriles is 1. The lowest BCUT2D eigenvalue weighted by Gasteiger charge is -2.07. The Labute approximate surface area is 111 Å². The molecule has 0 saturated heterocycles.